The van der Waals surface area contributed by atoms with E-state index in [2.05, 4.69) is 10.3 Å². The Bertz CT molecular complexity index is 1410. The lowest BCUT2D eigenvalue weighted by molar-refractivity contribution is -0.129. The molecule has 1 atom stereocenters. The third-order valence-corrected chi connectivity index (χ3v) is 6.44. The second-order valence-electron chi connectivity index (χ2n) is 8.41. The van der Waals surface area contributed by atoms with E-state index in [1.165, 1.54) is 0 Å². The summed E-state index contributed by atoms with van der Waals surface area (Å²) in [5, 5.41) is 3.67. The number of hydrogen-bond donors (Lipinski definition) is 2. The van der Waals surface area contributed by atoms with E-state index in [4.69, 9.17) is 0 Å². The SMILES string of the molecule is Cc1ccc([C@@]2(c3ccccc3)NC(=O)N(CC(=O)c3c[nH]c4ccccc34)C2=O)cc1C. The van der Waals surface area contributed by atoms with Crippen molar-refractivity contribution in [3.8, 4) is 0 Å². The predicted molar refractivity (Wildman–Crippen MR) is 126 cm³/mol. The van der Waals surface area contributed by atoms with E-state index < -0.39 is 17.5 Å². The fourth-order valence-electron chi connectivity index (χ4n) is 4.47. The van der Waals surface area contributed by atoms with Crippen LogP contribution in [0.25, 0.3) is 10.9 Å². The maximum atomic E-state index is 13.9. The quantitative estimate of drug-likeness (QED) is 0.357. The van der Waals surface area contributed by atoms with Crippen molar-refractivity contribution in [2.75, 3.05) is 6.54 Å². The maximum absolute atomic E-state index is 13.9. The summed E-state index contributed by atoms with van der Waals surface area (Å²) in [4.78, 5) is 44.2. The van der Waals surface area contributed by atoms with Crippen LogP contribution in [0.3, 0.4) is 0 Å². The van der Waals surface area contributed by atoms with Crippen LogP contribution >= 0.6 is 0 Å². The molecule has 1 fully saturated rings. The number of H-pyrrole nitrogens is 1. The Morgan fingerprint density at radius 3 is 2.36 bits per heavy atom. The number of urea groups is 1. The Hall–Kier alpha value is -4.19. The van der Waals surface area contributed by atoms with E-state index in [0.717, 1.165) is 26.9 Å². The Morgan fingerprint density at radius 2 is 1.61 bits per heavy atom. The zero-order chi connectivity index (χ0) is 23.2. The minimum Gasteiger partial charge on any atom is -0.360 e. The van der Waals surface area contributed by atoms with Crippen LogP contribution in [0.15, 0.2) is 79.0 Å². The molecule has 0 bridgehead atoms. The van der Waals surface area contributed by atoms with Gasteiger partial charge in [-0.2, -0.15) is 0 Å². The topological polar surface area (TPSA) is 82.3 Å². The van der Waals surface area contributed by atoms with Crippen molar-refractivity contribution in [3.63, 3.8) is 0 Å². The lowest BCUT2D eigenvalue weighted by atomic mass is 9.81. The van der Waals surface area contributed by atoms with E-state index in [1.54, 1.807) is 6.20 Å². The highest BCUT2D eigenvalue weighted by Gasteiger charge is 2.54. The second kappa shape index (κ2) is 7.74. The van der Waals surface area contributed by atoms with Gasteiger partial charge in [0.1, 0.15) is 0 Å². The lowest BCUT2D eigenvalue weighted by Crippen LogP contribution is -2.45. The van der Waals surface area contributed by atoms with Crippen molar-refractivity contribution in [1.82, 2.24) is 15.2 Å². The van der Waals surface area contributed by atoms with Gasteiger partial charge in [0.15, 0.2) is 11.3 Å². The van der Waals surface area contributed by atoms with Crippen LogP contribution in [-0.2, 0) is 10.3 Å². The summed E-state index contributed by atoms with van der Waals surface area (Å²) in [6.07, 6.45) is 1.62. The predicted octanol–water partition coefficient (Wildman–Crippen LogP) is 4.46. The van der Waals surface area contributed by atoms with E-state index in [0.29, 0.717) is 16.7 Å². The number of nitrogens with one attached hydrogen (secondary N) is 2. The van der Waals surface area contributed by atoms with E-state index in [1.807, 2.05) is 86.6 Å². The summed E-state index contributed by atoms with van der Waals surface area (Å²) < 4.78 is 0. The van der Waals surface area contributed by atoms with E-state index >= 15 is 0 Å². The molecule has 5 rings (SSSR count). The number of benzene rings is 3. The maximum Gasteiger partial charge on any atom is 0.325 e. The number of ketones is 1. The van der Waals surface area contributed by atoms with E-state index in [-0.39, 0.29) is 12.3 Å². The molecule has 1 aliphatic heterocycles. The summed E-state index contributed by atoms with van der Waals surface area (Å²) in [5.41, 5.74) is 3.30. The van der Waals surface area contributed by atoms with Crippen LogP contribution in [-0.4, -0.2) is 34.2 Å². The fraction of sp³-hybridized carbons (Fsp3) is 0.148. The molecule has 1 aromatic heterocycles. The Kier molecular flexibility index (Phi) is 4.86. The fourth-order valence-corrected chi connectivity index (χ4v) is 4.47. The number of carbonyl (C=O) groups excluding carboxylic acids is 3. The second-order valence-corrected chi connectivity index (χ2v) is 8.41. The first-order valence-corrected chi connectivity index (χ1v) is 10.8. The molecule has 0 saturated carbocycles. The molecule has 33 heavy (non-hydrogen) atoms. The molecular weight excluding hydrogens is 414 g/mol. The van der Waals surface area contributed by atoms with Crippen molar-refractivity contribution < 1.29 is 14.4 Å². The molecule has 1 aliphatic rings. The molecule has 0 aliphatic carbocycles. The number of imide groups is 1. The van der Waals surface area contributed by atoms with Crippen molar-refractivity contribution >= 4 is 28.6 Å². The average molecular weight is 437 g/mol. The normalized spacial score (nSPS) is 18.1. The van der Waals surface area contributed by atoms with Crippen LogP contribution in [0.1, 0.15) is 32.6 Å². The summed E-state index contributed by atoms with van der Waals surface area (Å²) >= 11 is 0. The molecule has 0 unspecified atom stereocenters. The number of hydrogen-bond acceptors (Lipinski definition) is 3. The van der Waals surface area contributed by atoms with Crippen molar-refractivity contribution in [2.24, 2.45) is 0 Å². The van der Waals surface area contributed by atoms with Gasteiger partial charge in [-0.15, -0.1) is 0 Å². The van der Waals surface area contributed by atoms with Gasteiger partial charge in [-0.05, 0) is 42.2 Å². The highest BCUT2D eigenvalue weighted by atomic mass is 16.2. The molecular formula is C27H23N3O3. The minimum absolute atomic E-state index is 0.306. The molecule has 6 heteroatoms. The molecule has 2 N–H and O–H groups in total. The third-order valence-electron chi connectivity index (χ3n) is 6.44. The van der Waals surface area contributed by atoms with Crippen LogP contribution in [0, 0.1) is 13.8 Å². The number of Topliss-reactive ketones (excluding diaryl/α,β-unsaturated/α-hetero) is 1. The summed E-state index contributed by atoms with van der Waals surface area (Å²) in [6.45, 7) is 3.62. The standard InChI is InChI=1S/C27H23N3O3/c1-17-12-13-20(14-18(17)2)27(19-8-4-3-5-9-19)25(32)30(26(33)29-27)16-24(31)22-15-28-23-11-7-6-10-21(22)23/h3-15,28H,16H2,1-2H3,(H,29,33)/t27-/m1/s1. The molecule has 3 aromatic carbocycles. The molecule has 164 valence electrons. The number of aromatic amines is 1. The first kappa shape index (κ1) is 20.7. The first-order valence-electron chi connectivity index (χ1n) is 10.8. The number of nitrogens with zero attached hydrogens (tertiary/aromatic N) is 1. The smallest absolute Gasteiger partial charge is 0.325 e. The van der Waals surface area contributed by atoms with Gasteiger partial charge in [0, 0.05) is 22.7 Å². The average Bonchev–Trinajstić information content (AvgIpc) is 3.37. The number of carbonyl (C=O) groups is 3. The number of amides is 3. The first-order chi connectivity index (χ1) is 15.9. The summed E-state index contributed by atoms with van der Waals surface area (Å²) in [7, 11) is 0. The minimum atomic E-state index is -1.39. The van der Waals surface area contributed by atoms with Gasteiger partial charge in [-0.25, -0.2) is 4.79 Å². The van der Waals surface area contributed by atoms with Gasteiger partial charge in [-0.1, -0.05) is 66.7 Å². The Labute approximate surface area is 191 Å². The van der Waals surface area contributed by atoms with Crippen LogP contribution < -0.4 is 5.32 Å². The number of fused-ring (bicyclic) bond motifs is 1. The molecule has 0 spiro atoms. The van der Waals surface area contributed by atoms with Gasteiger partial charge in [0.25, 0.3) is 5.91 Å². The van der Waals surface area contributed by atoms with Gasteiger partial charge >= 0.3 is 6.03 Å². The summed E-state index contributed by atoms with van der Waals surface area (Å²) in [6, 6.07) is 21.7. The zero-order valence-electron chi connectivity index (χ0n) is 18.4. The van der Waals surface area contributed by atoms with Gasteiger partial charge in [0.05, 0.1) is 6.54 Å². The highest BCUT2D eigenvalue weighted by molar-refractivity contribution is 6.15. The molecule has 1 saturated heterocycles. The largest absolute Gasteiger partial charge is 0.360 e. The number of aromatic nitrogens is 1. The van der Waals surface area contributed by atoms with E-state index in [9.17, 15) is 14.4 Å². The summed E-state index contributed by atoms with van der Waals surface area (Å²) in [5.74, 6) is -0.768. The Balaban J connectivity index is 1.56. The lowest BCUT2D eigenvalue weighted by Gasteiger charge is -2.28. The van der Waals surface area contributed by atoms with Gasteiger partial charge in [0.2, 0.25) is 0 Å². The number of para-hydroxylation sites is 1. The molecule has 3 amide bonds. The highest BCUT2D eigenvalue weighted by Crippen LogP contribution is 2.37. The molecule has 6 nitrogen and oxygen atoms in total. The molecule has 0 radical (unpaired) electrons. The van der Waals surface area contributed by atoms with Crippen molar-refractivity contribution in [1.29, 1.82) is 0 Å². The zero-order valence-corrected chi connectivity index (χ0v) is 18.4. The Morgan fingerprint density at radius 1 is 0.879 bits per heavy atom. The van der Waals surface area contributed by atoms with Crippen molar-refractivity contribution in [2.45, 2.75) is 19.4 Å². The number of rotatable bonds is 5. The third kappa shape index (κ3) is 3.22. The van der Waals surface area contributed by atoms with Crippen LogP contribution in [0.2, 0.25) is 0 Å². The van der Waals surface area contributed by atoms with Gasteiger partial charge < -0.3 is 10.3 Å². The van der Waals surface area contributed by atoms with Crippen LogP contribution in [0.4, 0.5) is 4.79 Å². The molecule has 2 heterocycles. The van der Waals surface area contributed by atoms with Crippen molar-refractivity contribution in [3.05, 3.63) is 107 Å². The van der Waals surface area contributed by atoms with Crippen LogP contribution in [0.5, 0.6) is 0 Å². The molecule has 4 aromatic rings. The van der Waals surface area contributed by atoms with Gasteiger partial charge in [-0.3, -0.25) is 14.5 Å². The monoisotopic (exact) mass is 437 g/mol. The number of aryl methyl sites for hydroxylation is 2.